The van der Waals surface area contributed by atoms with Gasteiger partial charge in [0.15, 0.2) is 0 Å². The summed E-state index contributed by atoms with van der Waals surface area (Å²) in [5.41, 5.74) is 0.933. The highest BCUT2D eigenvalue weighted by atomic mass is 19.1. The third-order valence-electron chi connectivity index (χ3n) is 8.16. The number of urea groups is 1. The Morgan fingerprint density at radius 2 is 1.57 bits per heavy atom. The molecule has 4 rings (SSSR count). The van der Waals surface area contributed by atoms with Crippen LogP contribution in [0, 0.1) is 11.7 Å². The molecule has 7 heteroatoms. The molecule has 194 valence electrons. The lowest BCUT2D eigenvalue weighted by Crippen LogP contribution is -2.52. The summed E-state index contributed by atoms with van der Waals surface area (Å²) in [7, 11) is 0. The molecule has 1 aromatic carbocycles. The topological polar surface area (TPSA) is 55.9 Å². The summed E-state index contributed by atoms with van der Waals surface area (Å²) in [6.45, 7) is 5.12. The van der Waals surface area contributed by atoms with Crippen molar-refractivity contribution < 1.29 is 14.0 Å². The molecule has 1 N–H and O–H groups in total. The lowest BCUT2D eigenvalue weighted by atomic mass is 9.96. The summed E-state index contributed by atoms with van der Waals surface area (Å²) < 4.78 is 13.4. The summed E-state index contributed by atoms with van der Waals surface area (Å²) in [6.07, 6.45) is 12.7. The van der Waals surface area contributed by atoms with Crippen LogP contribution in [0.3, 0.4) is 0 Å². The van der Waals surface area contributed by atoms with Gasteiger partial charge in [-0.1, -0.05) is 57.1 Å². The van der Waals surface area contributed by atoms with Crippen LogP contribution in [0.25, 0.3) is 0 Å². The zero-order valence-corrected chi connectivity index (χ0v) is 21.2. The van der Waals surface area contributed by atoms with Crippen molar-refractivity contribution in [3.8, 4) is 0 Å². The minimum absolute atomic E-state index is 0.0260. The Kier molecular flexibility index (Phi) is 9.81. The normalized spacial score (nSPS) is 20.2. The second kappa shape index (κ2) is 13.2. The maximum Gasteiger partial charge on any atom is 0.317 e. The van der Waals surface area contributed by atoms with Crippen molar-refractivity contribution in [3.05, 3.63) is 35.6 Å². The molecule has 1 heterocycles. The predicted molar refractivity (Wildman–Crippen MR) is 136 cm³/mol. The summed E-state index contributed by atoms with van der Waals surface area (Å²) in [4.78, 5) is 32.0. The van der Waals surface area contributed by atoms with Gasteiger partial charge in [0, 0.05) is 58.3 Å². The van der Waals surface area contributed by atoms with E-state index in [9.17, 15) is 14.0 Å². The Morgan fingerprint density at radius 1 is 0.914 bits per heavy atom. The number of rotatable bonds is 9. The number of amides is 3. The van der Waals surface area contributed by atoms with Crippen LogP contribution in [-0.2, 0) is 11.3 Å². The second-order valence-corrected chi connectivity index (χ2v) is 10.7. The molecule has 2 saturated carbocycles. The molecule has 0 bridgehead atoms. The smallest absolute Gasteiger partial charge is 0.317 e. The van der Waals surface area contributed by atoms with Crippen molar-refractivity contribution in [1.82, 2.24) is 20.0 Å². The number of carbonyl (C=O) groups is 2. The van der Waals surface area contributed by atoms with E-state index >= 15 is 0 Å². The molecule has 0 spiro atoms. The molecule has 6 nitrogen and oxygen atoms in total. The molecule has 0 radical (unpaired) electrons. The fraction of sp³-hybridized carbons (Fsp3) is 0.714. The maximum absolute atomic E-state index is 13.4. The summed E-state index contributed by atoms with van der Waals surface area (Å²) in [6, 6.07) is 6.65. The molecule has 3 aliphatic rings. The molecule has 1 aromatic rings. The summed E-state index contributed by atoms with van der Waals surface area (Å²) in [5, 5.41) is 3.24. The molecular formula is C28H43FN4O2. The van der Waals surface area contributed by atoms with Crippen molar-refractivity contribution in [2.45, 2.75) is 83.2 Å². The molecule has 3 amide bonds. The van der Waals surface area contributed by atoms with Gasteiger partial charge in [-0.2, -0.15) is 0 Å². The van der Waals surface area contributed by atoms with Gasteiger partial charge in [0.1, 0.15) is 5.82 Å². The highest BCUT2D eigenvalue weighted by Crippen LogP contribution is 2.28. The van der Waals surface area contributed by atoms with Gasteiger partial charge in [-0.05, 0) is 42.9 Å². The minimum Gasteiger partial charge on any atom is -0.340 e. The molecule has 0 atom stereocenters. The second-order valence-electron chi connectivity index (χ2n) is 10.7. The lowest BCUT2D eigenvalue weighted by Gasteiger charge is -2.36. The van der Waals surface area contributed by atoms with Crippen molar-refractivity contribution in [2.24, 2.45) is 5.92 Å². The number of nitrogens with one attached hydrogen (secondary N) is 1. The number of carbonyl (C=O) groups excluding carboxylic acids is 2. The van der Waals surface area contributed by atoms with E-state index in [1.54, 1.807) is 12.1 Å². The number of benzene rings is 1. The van der Waals surface area contributed by atoms with Gasteiger partial charge < -0.3 is 15.1 Å². The van der Waals surface area contributed by atoms with Gasteiger partial charge in [0.05, 0.1) is 0 Å². The summed E-state index contributed by atoms with van der Waals surface area (Å²) >= 11 is 0. The van der Waals surface area contributed by atoms with E-state index in [-0.39, 0.29) is 17.9 Å². The first-order valence-electron chi connectivity index (χ1n) is 13.9. The van der Waals surface area contributed by atoms with Crippen LogP contribution in [0.4, 0.5) is 9.18 Å². The van der Waals surface area contributed by atoms with E-state index in [2.05, 4.69) is 10.2 Å². The Bertz CT molecular complexity index is 798. The average Bonchev–Trinajstić information content (AvgIpc) is 3.41. The quantitative estimate of drug-likeness (QED) is 0.546. The van der Waals surface area contributed by atoms with Gasteiger partial charge in [-0.25, -0.2) is 9.18 Å². The first-order valence-corrected chi connectivity index (χ1v) is 13.9. The monoisotopic (exact) mass is 486 g/mol. The van der Waals surface area contributed by atoms with E-state index in [0.29, 0.717) is 25.4 Å². The fourth-order valence-electron chi connectivity index (χ4n) is 5.84. The van der Waals surface area contributed by atoms with Gasteiger partial charge >= 0.3 is 6.03 Å². The van der Waals surface area contributed by atoms with Gasteiger partial charge in [-0.3, -0.25) is 9.69 Å². The molecule has 35 heavy (non-hydrogen) atoms. The minimum atomic E-state index is -0.261. The standard InChI is InChI=1S/C28H43FN4O2/c29-25-13-10-24(11-14-25)22-33(28(35)30-26-8-2-1-3-9-26)21-18-31-16-19-32(20-17-31)27(34)15-12-23-6-4-5-7-23/h10-11,13-14,23,26H,1-9,12,15-22H2,(H,30,35). The zero-order chi connectivity index (χ0) is 24.5. The fourth-order valence-corrected chi connectivity index (χ4v) is 5.84. The van der Waals surface area contributed by atoms with Gasteiger partial charge in [0.25, 0.3) is 0 Å². The zero-order valence-electron chi connectivity index (χ0n) is 21.2. The Hall–Kier alpha value is -2.15. The van der Waals surface area contributed by atoms with Gasteiger partial charge in [-0.15, -0.1) is 0 Å². The van der Waals surface area contributed by atoms with Crippen LogP contribution in [0.1, 0.15) is 76.2 Å². The number of hydrogen-bond donors (Lipinski definition) is 1. The van der Waals surface area contributed by atoms with Crippen molar-refractivity contribution >= 4 is 11.9 Å². The molecular weight excluding hydrogens is 443 g/mol. The van der Waals surface area contributed by atoms with Crippen molar-refractivity contribution in [1.29, 1.82) is 0 Å². The first kappa shape index (κ1) is 25.9. The molecule has 1 aliphatic heterocycles. The Morgan fingerprint density at radius 3 is 2.26 bits per heavy atom. The highest BCUT2D eigenvalue weighted by molar-refractivity contribution is 5.76. The number of halogens is 1. The lowest BCUT2D eigenvalue weighted by molar-refractivity contribution is -0.133. The van der Waals surface area contributed by atoms with E-state index in [1.807, 2.05) is 9.80 Å². The largest absolute Gasteiger partial charge is 0.340 e. The van der Waals surface area contributed by atoms with Crippen LogP contribution < -0.4 is 5.32 Å². The third kappa shape index (κ3) is 8.19. The molecule has 1 saturated heterocycles. The van der Waals surface area contributed by atoms with Crippen LogP contribution in [0.5, 0.6) is 0 Å². The Balaban J connectivity index is 1.24. The number of piperazine rings is 1. The number of hydrogen-bond acceptors (Lipinski definition) is 3. The van der Waals surface area contributed by atoms with Crippen molar-refractivity contribution in [2.75, 3.05) is 39.3 Å². The van der Waals surface area contributed by atoms with E-state index in [1.165, 1.54) is 57.1 Å². The van der Waals surface area contributed by atoms with Crippen LogP contribution in [0.2, 0.25) is 0 Å². The average molecular weight is 487 g/mol. The van der Waals surface area contributed by atoms with Crippen molar-refractivity contribution in [3.63, 3.8) is 0 Å². The SMILES string of the molecule is O=C(CCC1CCCC1)N1CCN(CCN(Cc2ccc(F)cc2)C(=O)NC2CCCCC2)CC1. The highest BCUT2D eigenvalue weighted by Gasteiger charge is 2.25. The number of nitrogens with zero attached hydrogens (tertiary/aromatic N) is 3. The van der Waals surface area contributed by atoms with Crippen LogP contribution >= 0.6 is 0 Å². The van der Waals surface area contributed by atoms with Crippen LogP contribution in [0.15, 0.2) is 24.3 Å². The van der Waals surface area contributed by atoms with E-state index in [0.717, 1.165) is 63.5 Å². The molecule has 0 aromatic heterocycles. The summed E-state index contributed by atoms with van der Waals surface area (Å²) in [5.74, 6) is 0.802. The molecule has 0 unspecified atom stereocenters. The Labute approximate surface area is 210 Å². The van der Waals surface area contributed by atoms with Gasteiger partial charge in [0.2, 0.25) is 5.91 Å². The van der Waals surface area contributed by atoms with Crippen LogP contribution in [-0.4, -0.2) is 71.9 Å². The predicted octanol–water partition coefficient (Wildman–Crippen LogP) is 4.78. The molecule has 3 fully saturated rings. The maximum atomic E-state index is 13.4. The third-order valence-corrected chi connectivity index (χ3v) is 8.16. The van der Waals surface area contributed by atoms with E-state index in [4.69, 9.17) is 0 Å². The molecule has 2 aliphatic carbocycles. The first-order chi connectivity index (χ1) is 17.1. The van der Waals surface area contributed by atoms with E-state index < -0.39 is 0 Å².